The fourth-order valence-electron chi connectivity index (χ4n) is 2.95. The highest BCUT2D eigenvalue weighted by Gasteiger charge is 2.47. The summed E-state index contributed by atoms with van der Waals surface area (Å²) in [5.74, 6) is 0.411. The third-order valence-corrected chi connectivity index (χ3v) is 4.25. The van der Waals surface area contributed by atoms with Crippen LogP contribution >= 0.6 is 0 Å². The van der Waals surface area contributed by atoms with E-state index in [2.05, 4.69) is 0 Å². The molecule has 2 aliphatic rings. The van der Waals surface area contributed by atoms with E-state index < -0.39 is 0 Å². The molecule has 0 radical (unpaired) electrons. The van der Waals surface area contributed by atoms with Crippen molar-refractivity contribution in [3.63, 3.8) is 0 Å². The summed E-state index contributed by atoms with van der Waals surface area (Å²) in [5.41, 5.74) is 0. The topological polar surface area (TPSA) is 65.1 Å². The largest absolute Gasteiger partial charge is 0.469 e. The Kier molecular flexibility index (Phi) is 5.99. The van der Waals surface area contributed by atoms with Gasteiger partial charge in [-0.15, -0.1) is 0 Å². The fraction of sp³-hybridized carbons (Fsp3) is 0.867. The summed E-state index contributed by atoms with van der Waals surface area (Å²) in [7, 11) is 1.41. The van der Waals surface area contributed by atoms with Gasteiger partial charge in [-0.25, -0.2) is 0 Å². The lowest BCUT2D eigenvalue weighted by atomic mass is 9.92. The van der Waals surface area contributed by atoms with Crippen LogP contribution < -0.4 is 0 Å². The fourth-order valence-corrected chi connectivity index (χ4v) is 2.95. The maximum absolute atomic E-state index is 12.1. The Bertz CT molecular complexity index is 369. The molecule has 2 atom stereocenters. The summed E-state index contributed by atoms with van der Waals surface area (Å²) >= 11 is 0. The van der Waals surface area contributed by atoms with Gasteiger partial charge in [-0.2, -0.15) is 0 Å². The lowest BCUT2D eigenvalue weighted by Gasteiger charge is -2.16. The molecule has 6 heteroatoms. The Balaban J connectivity index is 1.78. The number of carbonyl (C=O) groups excluding carboxylic acids is 2. The highest BCUT2D eigenvalue weighted by Crippen LogP contribution is 2.44. The molecule has 120 valence electrons. The van der Waals surface area contributed by atoms with Gasteiger partial charge in [-0.3, -0.25) is 9.59 Å². The van der Waals surface area contributed by atoms with E-state index in [1.165, 1.54) is 7.11 Å². The van der Waals surface area contributed by atoms with Crippen LogP contribution in [0, 0.1) is 17.8 Å². The second-order valence-electron chi connectivity index (χ2n) is 5.68. The quantitative estimate of drug-likeness (QED) is 0.487. The second-order valence-corrected chi connectivity index (χ2v) is 5.68. The predicted molar refractivity (Wildman–Crippen MR) is 75.6 cm³/mol. The molecule has 0 unspecified atom stereocenters. The average Bonchev–Trinajstić information content (AvgIpc) is 3.24. The van der Waals surface area contributed by atoms with Crippen LogP contribution in [-0.2, 0) is 23.8 Å². The molecule has 2 fully saturated rings. The predicted octanol–water partition coefficient (Wildman–Crippen LogP) is 0.697. The molecule has 1 saturated carbocycles. The number of hydrogen-bond acceptors (Lipinski definition) is 5. The molecule has 1 aliphatic heterocycles. The number of carbonyl (C=O) groups is 2. The Morgan fingerprint density at radius 3 is 2.48 bits per heavy atom. The number of nitrogens with zero attached hydrogens (tertiary/aromatic N) is 1. The third kappa shape index (κ3) is 4.41. The van der Waals surface area contributed by atoms with Gasteiger partial charge in [0.25, 0.3) is 0 Å². The number of amides is 1. The first-order valence-corrected chi connectivity index (χ1v) is 7.68. The smallest absolute Gasteiger partial charge is 0.310 e. The van der Waals surface area contributed by atoms with E-state index in [0.717, 1.165) is 12.8 Å². The molecule has 2 rings (SSSR count). The Labute approximate surface area is 125 Å². The van der Waals surface area contributed by atoms with Gasteiger partial charge in [-0.05, 0) is 31.6 Å². The van der Waals surface area contributed by atoms with Crippen LogP contribution in [0.2, 0.25) is 0 Å². The van der Waals surface area contributed by atoms with E-state index in [0.29, 0.717) is 38.8 Å². The van der Waals surface area contributed by atoms with Crippen molar-refractivity contribution in [2.45, 2.75) is 19.8 Å². The standard InChI is InChI=1S/C15H25NO5/c1-3-20-6-7-21-10-14(17)16-8-12(11-4-5-11)13(9-16)15(18)19-2/h11-13H,3-10H2,1-2H3/t12-,13+/m1/s1. The van der Waals surface area contributed by atoms with Crippen molar-refractivity contribution in [2.75, 3.05) is 46.6 Å². The van der Waals surface area contributed by atoms with E-state index in [-0.39, 0.29) is 30.3 Å². The molecule has 0 aromatic carbocycles. The molecular weight excluding hydrogens is 274 g/mol. The van der Waals surface area contributed by atoms with Gasteiger partial charge in [0.2, 0.25) is 5.91 Å². The Morgan fingerprint density at radius 2 is 1.86 bits per heavy atom. The molecule has 0 spiro atoms. The summed E-state index contributed by atoms with van der Waals surface area (Å²) in [6.45, 7) is 4.64. The number of likely N-dealkylation sites (tertiary alicyclic amines) is 1. The van der Waals surface area contributed by atoms with Crippen LogP contribution in [0.25, 0.3) is 0 Å². The maximum Gasteiger partial charge on any atom is 0.310 e. The van der Waals surface area contributed by atoms with Gasteiger partial charge in [-0.1, -0.05) is 0 Å². The van der Waals surface area contributed by atoms with Gasteiger partial charge in [0, 0.05) is 19.7 Å². The number of hydrogen-bond donors (Lipinski definition) is 0. The van der Waals surface area contributed by atoms with Crippen molar-refractivity contribution in [3.8, 4) is 0 Å². The van der Waals surface area contributed by atoms with E-state index in [9.17, 15) is 9.59 Å². The van der Waals surface area contributed by atoms with Crippen LogP contribution in [0.15, 0.2) is 0 Å². The normalized spacial score (nSPS) is 25.1. The van der Waals surface area contributed by atoms with E-state index in [1.807, 2.05) is 6.92 Å². The van der Waals surface area contributed by atoms with Crippen LogP contribution in [-0.4, -0.2) is 63.4 Å². The first kappa shape index (κ1) is 16.2. The first-order chi connectivity index (χ1) is 10.2. The van der Waals surface area contributed by atoms with Crippen molar-refractivity contribution in [3.05, 3.63) is 0 Å². The summed E-state index contributed by atoms with van der Waals surface area (Å²) in [4.78, 5) is 25.7. The van der Waals surface area contributed by atoms with E-state index >= 15 is 0 Å². The van der Waals surface area contributed by atoms with Crippen LogP contribution in [0.1, 0.15) is 19.8 Å². The molecule has 21 heavy (non-hydrogen) atoms. The lowest BCUT2D eigenvalue weighted by molar-refractivity contribution is -0.146. The van der Waals surface area contributed by atoms with Crippen molar-refractivity contribution >= 4 is 11.9 Å². The monoisotopic (exact) mass is 299 g/mol. The van der Waals surface area contributed by atoms with Crippen molar-refractivity contribution < 1.29 is 23.8 Å². The number of methoxy groups -OCH3 is 1. The minimum atomic E-state index is -0.195. The maximum atomic E-state index is 12.1. The zero-order chi connectivity index (χ0) is 15.2. The lowest BCUT2D eigenvalue weighted by Crippen LogP contribution is -2.33. The first-order valence-electron chi connectivity index (χ1n) is 7.68. The van der Waals surface area contributed by atoms with Crippen LogP contribution in [0.5, 0.6) is 0 Å². The Morgan fingerprint density at radius 1 is 1.14 bits per heavy atom. The molecule has 0 N–H and O–H groups in total. The summed E-state index contributed by atoms with van der Waals surface area (Å²) in [6.07, 6.45) is 2.32. The number of esters is 1. The SMILES string of the molecule is CCOCCOCC(=O)N1C[C@H](C(=O)OC)[C@@H](C2CC2)C1. The van der Waals surface area contributed by atoms with Crippen LogP contribution in [0.4, 0.5) is 0 Å². The minimum Gasteiger partial charge on any atom is -0.469 e. The zero-order valence-corrected chi connectivity index (χ0v) is 12.9. The molecule has 1 aliphatic carbocycles. The van der Waals surface area contributed by atoms with Gasteiger partial charge >= 0.3 is 5.97 Å². The Hall–Kier alpha value is -1.14. The van der Waals surface area contributed by atoms with E-state index in [1.54, 1.807) is 4.90 Å². The molecule has 0 aromatic rings. The van der Waals surface area contributed by atoms with Crippen molar-refractivity contribution in [1.29, 1.82) is 0 Å². The second kappa shape index (κ2) is 7.75. The number of ether oxygens (including phenoxy) is 3. The zero-order valence-electron chi connectivity index (χ0n) is 12.9. The van der Waals surface area contributed by atoms with Gasteiger partial charge in [0.15, 0.2) is 0 Å². The molecule has 0 bridgehead atoms. The van der Waals surface area contributed by atoms with E-state index in [4.69, 9.17) is 14.2 Å². The third-order valence-electron chi connectivity index (χ3n) is 4.25. The van der Waals surface area contributed by atoms with Crippen molar-refractivity contribution in [2.24, 2.45) is 17.8 Å². The minimum absolute atomic E-state index is 0.0523. The average molecular weight is 299 g/mol. The summed E-state index contributed by atoms with van der Waals surface area (Å²) in [5, 5.41) is 0. The highest BCUT2D eigenvalue weighted by atomic mass is 16.5. The van der Waals surface area contributed by atoms with Gasteiger partial charge < -0.3 is 19.1 Å². The summed E-state index contributed by atoms with van der Waals surface area (Å²) < 4.78 is 15.3. The molecule has 6 nitrogen and oxygen atoms in total. The molecule has 1 heterocycles. The molecule has 0 aromatic heterocycles. The van der Waals surface area contributed by atoms with Crippen molar-refractivity contribution in [1.82, 2.24) is 4.90 Å². The van der Waals surface area contributed by atoms with Gasteiger partial charge in [0.1, 0.15) is 6.61 Å². The van der Waals surface area contributed by atoms with Crippen LogP contribution in [0.3, 0.4) is 0 Å². The molecule has 1 amide bonds. The molecular formula is C15H25NO5. The summed E-state index contributed by atoms with van der Waals surface area (Å²) in [6, 6.07) is 0. The molecule has 1 saturated heterocycles. The number of rotatable bonds is 8. The highest BCUT2D eigenvalue weighted by molar-refractivity contribution is 5.80. The van der Waals surface area contributed by atoms with Gasteiger partial charge in [0.05, 0.1) is 26.2 Å².